The van der Waals surface area contributed by atoms with Gasteiger partial charge in [0.2, 0.25) is 0 Å². The number of thiazole rings is 1. The van der Waals surface area contributed by atoms with E-state index in [0.717, 1.165) is 53.4 Å². The van der Waals surface area contributed by atoms with Crippen LogP contribution in [0.1, 0.15) is 16.4 Å². The predicted octanol–water partition coefficient (Wildman–Crippen LogP) is 3.04. The van der Waals surface area contributed by atoms with Crippen LogP contribution in [0.2, 0.25) is 0 Å². The summed E-state index contributed by atoms with van der Waals surface area (Å²) in [5.41, 5.74) is 3.16. The number of hydrogen-bond donors (Lipinski definition) is 1. The van der Waals surface area contributed by atoms with Crippen molar-refractivity contribution in [1.29, 1.82) is 0 Å². The number of pyridine rings is 1. The van der Waals surface area contributed by atoms with Crippen LogP contribution in [0.5, 0.6) is 0 Å². The number of hydrogen-bond acceptors (Lipinski definition) is 5. The summed E-state index contributed by atoms with van der Waals surface area (Å²) >= 11 is 1.70. The Morgan fingerprint density at radius 1 is 1.17 bits per heavy atom. The van der Waals surface area contributed by atoms with Crippen LogP contribution < -0.4 is 0 Å². The van der Waals surface area contributed by atoms with Crippen LogP contribution in [0, 0.1) is 12.8 Å². The van der Waals surface area contributed by atoms with E-state index < -0.39 is 0 Å². The van der Waals surface area contributed by atoms with Crippen LogP contribution in [0.15, 0.2) is 41.8 Å². The Hall–Kier alpha value is -1.82. The van der Waals surface area contributed by atoms with Crippen molar-refractivity contribution in [3.05, 3.63) is 58.2 Å². The predicted molar refractivity (Wildman–Crippen MR) is 97.1 cm³/mol. The standard InChI is InChI=1S/C19H21N3OS/c1-13-12-24-19(20-13)11-22-9-15(18(23)10-22)8-16-7-6-14-4-2-3-5-17(14)21-16/h2-7,12,15,18,23H,8-11H2,1H3/t15-,18-/m1/s1. The van der Waals surface area contributed by atoms with Gasteiger partial charge in [-0.1, -0.05) is 24.3 Å². The Bertz CT molecular complexity index is 847. The first-order valence-electron chi connectivity index (χ1n) is 8.33. The van der Waals surface area contributed by atoms with Crippen molar-refractivity contribution in [2.45, 2.75) is 26.0 Å². The van der Waals surface area contributed by atoms with Gasteiger partial charge in [0, 0.05) is 41.2 Å². The molecular formula is C19H21N3OS. The van der Waals surface area contributed by atoms with E-state index in [0.29, 0.717) is 0 Å². The number of aliphatic hydroxyl groups is 1. The van der Waals surface area contributed by atoms with E-state index in [9.17, 15) is 5.11 Å². The summed E-state index contributed by atoms with van der Waals surface area (Å²) in [6.07, 6.45) is 0.527. The maximum atomic E-state index is 10.4. The molecule has 2 atom stereocenters. The molecule has 3 aromatic rings. The monoisotopic (exact) mass is 339 g/mol. The zero-order valence-electron chi connectivity index (χ0n) is 13.7. The molecule has 0 aliphatic carbocycles. The van der Waals surface area contributed by atoms with Gasteiger partial charge in [0.05, 0.1) is 18.2 Å². The van der Waals surface area contributed by atoms with E-state index in [2.05, 4.69) is 33.5 Å². The number of aryl methyl sites for hydroxylation is 1. The summed E-state index contributed by atoms with van der Waals surface area (Å²) in [6.45, 7) is 4.47. The Morgan fingerprint density at radius 2 is 2.04 bits per heavy atom. The summed E-state index contributed by atoms with van der Waals surface area (Å²) in [7, 11) is 0. The third-order valence-electron chi connectivity index (χ3n) is 4.63. The highest BCUT2D eigenvalue weighted by atomic mass is 32.1. The quantitative estimate of drug-likeness (QED) is 0.794. The van der Waals surface area contributed by atoms with Gasteiger partial charge in [0.25, 0.3) is 0 Å². The molecule has 0 spiro atoms. The van der Waals surface area contributed by atoms with Crippen LogP contribution in [-0.2, 0) is 13.0 Å². The molecule has 1 aromatic carbocycles. The number of aromatic nitrogens is 2. The number of fused-ring (bicyclic) bond motifs is 1. The van der Waals surface area contributed by atoms with Crippen molar-refractivity contribution in [2.75, 3.05) is 13.1 Å². The van der Waals surface area contributed by atoms with E-state index in [1.807, 2.05) is 25.1 Å². The zero-order chi connectivity index (χ0) is 16.5. The van der Waals surface area contributed by atoms with Crippen LogP contribution in [-0.4, -0.2) is 39.2 Å². The van der Waals surface area contributed by atoms with E-state index in [1.54, 1.807) is 11.3 Å². The molecule has 2 aromatic heterocycles. The van der Waals surface area contributed by atoms with Crippen molar-refractivity contribution < 1.29 is 5.11 Å². The average molecular weight is 339 g/mol. The Kier molecular flexibility index (Phi) is 4.31. The highest BCUT2D eigenvalue weighted by molar-refractivity contribution is 7.09. The van der Waals surface area contributed by atoms with Crippen LogP contribution in [0.3, 0.4) is 0 Å². The molecule has 4 rings (SSSR count). The summed E-state index contributed by atoms with van der Waals surface area (Å²) in [6, 6.07) is 12.4. The first kappa shape index (κ1) is 15.7. The van der Waals surface area contributed by atoms with Crippen molar-refractivity contribution >= 4 is 22.2 Å². The highest BCUT2D eigenvalue weighted by Crippen LogP contribution is 2.24. The molecule has 24 heavy (non-hydrogen) atoms. The van der Waals surface area contributed by atoms with Gasteiger partial charge in [-0.3, -0.25) is 9.88 Å². The minimum Gasteiger partial charge on any atom is -0.391 e. The normalized spacial score (nSPS) is 21.6. The van der Waals surface area contributed by atoms with E-state index in [1.165, 1.54) is 0 Å². The molecule has 0 amide bonds. The number of rotatable bonds is 4. The maximum absolute atomic E-state index is 10.4. The molecule has 5 heteroatoms. The van der Waals surface area contributed by atoms with Gasteiger partial charge in [-0.25, -0.2) is 4.98 Å². The number of para-hydroxylation sites is 1. The fourth-order valence-corrected chi connectivity index (χ4v) is 4.24. The maximum Gasteiger partial charge on any atom is 0.107 e. The first-order valence-corrected chi connectivity index (χ1v) is 9.21. The molecule has 0 unspecified atom stereocenters. The fourth-order valence-electron chi connectivity index (χ4n) is 3.43. The largest absolute Gasteiger partial charge is 0.391 e. The van der Waals surface area contributed by atoms with Crippen LogP contribution >= 0.6 is 11.3 Å². The van der Waals surface area contributed by atoms with Gasteiger partial charge < -0.3 is 5.11 Å². The lowest BCUT2D eigenvalue weighted by atomic mass is 9.99. The van der Waals surface area contributed by atoms with Gasteiger partial charge in [0.1, 0.15) is 5.01 Å². The van der Waals surface area contributed by atoms with Crippen molar-refractivity contribution in [3.63, 3.8) is 0 Å². The molecule has 1 fully saturated rings. The molecule has 0 saturated carbocycles. The van der Waals surface area contributed by atoms with Gasteiger partial charge >= 0.3 is 0 Å². The number of aliphatic hydroxyl groups excluding tert-OH is 1. The average Bonchev–Trinajstić information content (AvgIpc) is 3.13. The van der Waals surface area contributed by atoms with Gasteiger partial charge in [0.15, 0.2) is 0 Å². The number of nitrogens with zero attached hydrogens (tertiary/aromatic N) is 3. The van der Waals surface area contributed by atoms with E-state index >= 15 is 0 Å². The molecule has 0 radical (unpaired) electrons. The van der Waals surface area contributed by atoms with Crippen LogP contribution in [0.4, 0.5) is 0 Å². The fraction of sp³-hybridized carbons (Fsp3) is 0.368. The molecule has 1 aliphatic rings. The summed E-state index contributed by atoms with van der Waals surface area (Å²) in [5, 5.41) is 14.8. The number of likely N-dealkylation sites (tertiary alicyclic amines) is 1. The SMILES string of the molecule is Cc1csc(CN2C[C@@H](Cc3ccc4ccccc4n3)[C@H](O)C2)n1. The molecular weight excluding hydrogens is 318 g/mol. The summed E-state index contributed by atoms with van der Waals surface area (Å²) < 4.78 is 0. The van der Waals surface area contributed by atoms with Gasteiger partial charge in [-0.05, 0) is 25.5 Å². The number of benzene rings is 1. The zero-order valence-corrected chi connectivity index (χ0v) is 14.5. The van der Waals surface area contributed by atoms with E-state index in [-0.39, 0.29) is 12.0 Å². The molecule has 0 bridgehead atoms. The topological polar surface area (TPSA) is 49.2 Å². The summed E-state index contributed by atoms with van der Waals surface area (Å²) in [5.74, 6) is 0.236. The Balaban J connectivity index is 1.43. The number of β-amino-alcohol motifs (C(OH)–C–C–N with tert-alkyl or cyclic N) is 1. The molecule has 1 N–H and O–H groups in total. The molecule has 124 valence electrons. The second kappa shape index (κ2) is 6.59. The Labute approximate surface area is 145 Å². The van der Waals surface area contributed by atoms with Gasteiger partial charge in [-0.2, -0.15) is 0 Å². The molecule has 1 saturated heterocycles. The molecule has 4 nitrogen and oxygen atoms in total. The summed E-state index contributed by atoms with van der Waals surface area (Å²) in [4.78, 5) is 11.6. The van der Waals surface area contributed by atoms with Crippen molar-refractivity contribution in [3.8, 4) is 0 Å². The smallest absolute Gasteiger partial charge is 0.107 e. The Morgan fingerprint density at radius 3 is 2.88 bits per heavy atom. The second-order valence-electron chi connectivity index (χ2n) is 6.60. The minimum atomic E-state index is -0.292. The van der Waals surface area contributed by atoms with Crippen molar-refractivity contribution in [1.82, 2.24) is 14.9 Å². The first-order chi connectivity index (χ1) is 11.7. The van der Waals surface area contributed by atoms with Gasteiger partial charge in [-0.15, -0.1) is 11.3 Å². The third kappa shape index (κ3) is 3.34. The van der Waals surface area contributed by atoms with E-state index in [4.69, 9.17) is 4.98 Å². The lowest BCUT2D eigenvalue weighted by molar-refractivity contribution is 0.140. The highest BCUT2D eigenvalue weighted by Gasteiger charge is 2.31. The van der Waals surface area contributed by atoms with Crippen LogP contribution in [0.25, 0.3) is 10.9 Å². The lowest BCUT2D eigenvalue weighted by Gasteiger charge is -2.14. The van der Waals surface area contributed by atoms with Crippen molar-refractivity contribution in [2.24, 2.45) is 5.92 Å². The molecule has 3 heterocycles. The second-order valence-corrected chi connectivity index (χ2v) is 7.55. The lowest BCUT2D eigenvalue weighted by Crippen LogP contribution is -2.21. The third-order valence-corrected chi connectivity index (χ3v) is 5.59. The molecule has 1 aliphatic heterocycles. The minimum absolute atomic E-state index is 0.236.